The summed E-state index contributed by atoms with van der Waals surface area (Å²) in [6, 6.07) is 4.48. The highest BCUT2D eigenvalue weighted by Gasteiger charge is 2.29. The summed E-state index contributed by atoms with van der Waals surface area (Å²) in [5.41, 5.74) is 9.05. The number of aliphatic hydroxyl groups is 1. The number of allylic oxidation sites excluding steroid dienone is 1. The van der Waals surface area contributed by atoms with Crippen LogP contribution in [0.2, 0.25) is 0 Å². The first-order valence-corrected chi connectivity index (χ1v) is 10.6. The number of nitrogen functional groups attached to an aromatic ring is 1. The van der Waals surface area contributed by atoms with Crippen molar-refractivity contribution in [2.24, 2.45) is 5.16 Å². The van der Waals surface area contributed by atoms with E-state index in [0.29, 0.717) is 34.1 Å². The molecule has 1 aromatic heterocycles. The molecule has 3 rings (SSSR count). The fourth-order valence-electron chi connectivity index (χ4n) is 3.13. The molecule has 10 heteroatoms. The van der Waals surface area contributed by atoms with Gasteiger partial charge in [-0.2, -0.15) is 0 Å². The topological polar surface area (TPSA) is 139 Å². The number of oxime groups is 1. The summed E-state index contributed by atoms with van der Waals surface area (Å²) in [5.74, 6) is 3.75. The summed E-state index contributed by atoms with van der Waals surface area (Å²) in [7, 11) is 0. The molecule has 1 atom stereocenters. The van der Waals surface area contributed by atoms with Crippen LogP contribution in [0.5, 0.6) is 0 Å². The van der Waals surface area contributed by atoms with Gasteiger partial charge in [-0.25, -0.2) is 4.98 Å². The summed E-state index contributed by atoms with van der Waals surface area (Å²) in [4.78, 5) is 34.1. The highest BCUT2D eigenvalue weighted by Crippen LogP contribution is 2.33. The zero-order valence-electron chi connectivity index (χ0n) is 17.7. The standard InChI is InChI=1S/C23H21N5O4S/c1-4-8-25-23(31)16-9-14(24)6-7-17(16)26-20(29)11-32-28-18-10-15(13(3)22(18)30)19-12-33-21(5-2)27-19/h1-2,6-7,9,12,22,30H,8,10-11,24H2,3H3,(H,25,31)(H,26,29)/b28-18-. The second-order valence-corrected chi connectivity index (χ2v) is 7.88. The smallest absolute Gasteiger partial charge is 0.265 e. The Morgan fingerprint density at radius 3 is 2.91 bits per heavy atom. The fraction of sp³-hybridized carbons (Fsp3) is 0.217. The average Bonchev–Trinajstić information content (AvgIpc) is 3.38. The quantitative estimate of drug-likeness (QED) is 0.280. The first-order chi connectivity index (χ1) is 15.8. The summed E-state index contributed by atoms with van der Waals surface area (Å²) >= 11 is 1.34. The van der Waals surface area contributed by atoms with Crippen molar-refractivity contribution in [3.8, 4) is 24.7 Å². The van der Waals surface area contributed by atoms with Crippen molar-refractivity contribution >= 4 is 45.8 Å². The lowest BCUT2D eigenvalue weighted by Gasteiger charge is -2.11. The van der Waals surface area contributed by atoms with Crippen molar-refractivity contribution in [2.75, 3.05) is 24.2 Å². The summed E-state index contributed by atoms with van der Waals surface area (Å²) in [6.45, 7) is 1.38. The minimum absolute atomic E-state index is 0.0321. The SMILES string of the molecule is C#CCNC(=O)c1cc(N)ccc1NC(=O)CO/N=C1/CC(c2csc(C#C)n2)=C(C)C1O. The number of amides is 2. The van der Waals surface area contributed by atoms with Gasteiger partial charge in [0.1, 0.15) is 6.10 Å². The molecule has 1 unspecified atom stereocenters. The van der Waals surface area contributed by atoms with Crippen LogP contribution in [0.4, 0.5) is 11.4 Å². The Labute approximate surface area is 194 Å². The van der Waals surface area contributed by atoms with Crippen LogP contribution in [0.3, 0.4) is 0 Å². The molecule has 1 aliphatic rings. The van der Waals surface area contributed by atoms with Gasteiger partial charge in [0, 0.05) is 17.5 Å². The Morgan fingerprint density at radius 1 is 1.42 bits per heavy atom. The number of nitrogens with zero attached hydrogens (tertiary/aromatic N) is 2. The monoisotopic (exact) mass is 463 g/mol. The Bertz CT molecular complexity index is 1230. The van der Waals surface area contributed by atoms with Crippen molar-refractivity contribution < 1.29 is 19.5 Å². The fourth-order valence-corrected chi connectivity index (χ4v) is 3.77. The van der Waals surface area contributed by atoms with Crippen LogP contribution in [-0.4, -0.2) is 46.9 Å². The number of carbonyl (C=O) groups excluding carboxylic acids is 2. The maximum Gasteiger partial charge on any atom is 0.265 e. The van der Waals surface area contributed by atoms with E-state index in [1.807, 2.05) is 5.38 Å². The molecule has 0 saturated carbocycles. The minimum Gasteiger partial charge on any atom is -0.399 e. The molecule has 1 heterocycles. The van der Waals surface area contributed by atoms with Gasteiger partial charge in [0.15, 0.2) is 11.6 Å². The largest absolute Gasteiger partial charge is 0.399 e. The molecule has 2 amide bonds. The molecule has 0 fully saturated rings. The molecule has 1 aliphatic carbocycles. The van der Waals surface area contributed by atoms with Crippen molar-refractivity contribution in [2.45, 2.75) is 19.4 Å². The summed E-state index contributed by atoms with van der Waals surface area (Å²) in [5, 5.41) is 21.8. The molecule has 9 nitrogen and oxygen atoms in total. The Kier molecular flexibility index (Phi) is 7.46. The molecule has 0 saturated heterocycles. The van der Waals surface area contributed by atoms with Crippen LogP contribution in [0.15, 0.2) is 34.3 Å². The van der Waals surface area contributed by atoms with Gasteiger partial charge >= 0.3 is 0 Å². The number of nitrogens with two attached hydrogens (primary N) is 1. The van der Waals surface area contributed by atoms with E-state index in [4.69, 9.17) is 23.4 Å². The van der Waals surface area contributed by atoms with Crippen molar-refractivity contribution in [1.29, 1.82) is 0 Å². The van der Waals surface area contributed by atoms with Crippen LogP contribution in [-0.2, 0) is 9.63 Å². The molecule has 0 radical (unpaired) electrons. The molecule has 2 aromatic rings. The number of hydrogen-bond acceptors (Lipinski definition) is 8. The normalized spacial score (nSPS) is 16.2. The van der Waals surface area contributed by atoms with E-state index in [-0.39, 0.29) is 17.8 Å². The third-order valence-electron chi connectivity index (χ3n) is 4.79. The van der Waals surface area contributed by atoms with Crippen LogP contribution in [0, 0.1) is 24.7 Å². The lowest BCUT2D eigenvalue weighted by atomic mass is 10.1. The van der Waals surface area contributed by atoms with Gasteiger partial charge in [-0.1, -0.05) is 11.1 Å². The molecule has 0 aliphatic heterocycles. The number of nitrogens with one attached hydrogen (secondary N) is 2. The third-order valence-corrected chi connectivity index (χ3v) is 5.56. The van der Waals surface area contributed by atoms with E-state index in [9.17, 15) is 14.7 Å². The van der Waals surface area contributed by atoms with Gasteiger partial charge in [-0.05, 0) is 42.2 Å². The first-order valence-electron chi connectivity index (χ1n) is 9.74. The van der Waals surface area contributed by atoms with Crippen LogP contribution in [0.25, 0.3) is 5.57 Å². The Hall–Kier alpha value is -4.12. The van der Waals surface area contributed by atoms with E-state index in [0.717, 1.165) is 5.57 Å². The van der Waals surface area contributed by atoms with Gasteiger partial charge in [0.25, 0.3) is 11.8 Å². The Morgan fingerprint density at radius 2 is 2.21 bits per heavy atom. The zero-order chi connectivity index (χ0) is 24.0. The highest BCUT2D eigenvalue weighted by molar-refractivity contribution is 7.10. The van der Waals surface area contributed by atoms with Crippen LogP contribution < -0.4 is 16.4 Å². The minimum atomic E-state index is -0.942. The molecule has 168 valence electrons. The molecular weight excluding hydrogens is 442 g/mol. The maximum absolute atomic E-state index is 12.3. The average molecular weight is 464 g/mol. The first kappa shape index (κ1) is 23.5. The van der Waals surface area contributed by atoms with Crippen LogP contribution >= 0.6 is 11.3 Å². The van der Waals surface area contributed by atoms with Gasteiger partial charge in [-0.15, -0.1) is 24.2 Å². The zero-order valence-corrected chi connectivity index (χ0v) is 18.5. The van der Waals surface area contributed by atoms with E-state index >= 15 is 0 Å². The van der Waals surface area contributed by atoms with Crippen LogP contribution in [0.1, 0.15) is 34.4 Å². The second-order valence-electron chi connectivity index (χ2n) is 7.02. The van der Waals surface area contributed by atoms with Gasteiger partial charge in [-0.3, -0.25) is 9.59 Å². The van der Waals surface area contributed by atoms with Gasteiger partial charge in [0.2, 0.25) is 0 Å². The molecule has 5 N–H and O–H groups in total. The summed E-state index contributed by atoms with van der Waals surface area (Å²) in [6.07, 6.45) is 9.90. The van der Waals surface area contributed by atoms with E-state index in [1.54, 1.807) is 13.0 Å². The predicted molar refractivity (Wildman–Crippen MR) is 127 cm³/mol. The van der Waals surface area contributed by atoms with Crippen molar-refractivity contribution in [1.82, 2.24) is 10.3 Å². The lowest BCUT2D eigenvalue weighted by molar-refractivity contribution is -0.120. The molecule has 1 aromatic carbocycles. The van der Waals surface area contributed by atoms with Crippen molar-refractivity contribution in [3.63, 3.8) is 0 Å². The number of anilines is 2. The predicted octanol–water partition coefficient (Wildman–Crippen LogP) is 1.62. The Balaban J connectivity index is 1.62. The second kappa shape index (κ2) is 10.5. The number of carbonyl (C=O) groups is 2. The number of rotatable bonds is 7. The molecule has 33 heavy (non-hydrogen) atoms. The number of aromatic nitrogens is 1. The van der Waals surface area contributed by atoms with Gasteiger partial charge in [0.05, 0.1) is 29.2 Å². The maximum atomic E-state index is 12.3. The molecular formula is C23H21N5O4S. The highest BCUT2D eigenvalue weighted by atomic mass is 32.1. The number of aliphatic hydroxyl groups excluding tert-OH is 1. The number of hydrogen-bond donors (Lipinski definition) is 4. The van der Waals surface area contributed by atoms with E-state index in [1.165, 1.54) is 23.5 Å². The molecule has 0 spiro atoms. The number of thiazole rings is 1. The number of terminal acetylenes is 2. The molecule has 0 bridgehead atoms. The van der Waals surface area contributed by atoms with E-state index in [2.05, 4.69) is 32.6 Å². The van der Waals surface area contributed by atoms with Crippen molar-refractivity contribution in [3.05, 3.63) is 45.4 Å². The summed E-state index contributed by atoms with van der Waals surface area (Å²) < 4.78 is 0. The van der Waals surface area contributed by atoms with Gasteiger partial charge < -0.3 is 26.3 Å². The lowest BCUT2D eigenvalue weighted by Crippen LogP contribution is -2.26. The van der Waals surface area contributed by atoms with E-state index < -0.39 is 24.5 Å². The third kappa shape index (κ3) is 5.57. The number of benzene rings is 1.